The maximum Gasteiger partial charge on any atom is 0.119 e. The number of ether oxygens (including phenoxy) is 1. The molecule has 0 aromatic heterocycles. The third kappa shape index (κ3) is 3.56. The molecule has 0 unspecified atom stereocenters. The van der Waals surface area contributed by atoms with E-state index in [1.54, 1.807) is 19.2 Å². The van der Waals surface area contributed by atoms with E-state index in [2.05, 4.69) is 0 Å². The van der Waals surface area contributed by atoms with Gasteiger partial charge < -0.3 is 14.9 Å². The van der Waals surface area contributed by atoms with Crippen molar-refractivity contribution < 1.29 is 14.9 Å². The second-order valence-corrected chi connectivity index (χ2v) is 5.57. The number of aliphatic hydroxyl groups excluding tert-OH is 2. The van der Waals surface area contributed by atoms with Crippen molar-refractivity contribution in [3.05, 3.63) is 64.7 Å². The van der Waals surface area contributed by atoms with Crippen LogP contribution in [0.4, 0.5) is 0 Å². The summed E-state index contributed by atoms with van der Waals surface area (Å²) >= 11 is 6.03. The molecule has 0 radical (unpaired) electrons. The van der Waals surface area contributed by atoms with Gasteiger partial charge in [-0.2, -0.15) is 0 Å². The predicted molar refractivity (Wildman–Crippen MR) is 84.0 cm³/mol. The zero-order valence-corrected chi connectivity index (χ0v) is 12.7. The number of methoxy groups -OCH3 is 1. The molecule has 21 heavy (non-hydrogen) atoms. The Hall–Kier alpha value is -1.55. The maximum atomic E-state index is 9.87. The molecule has 2 N–H and O–H groups in total. The normalized spacial score (nSPS) is 11.4. The number of hydrogen-bond donors (Lipinski definition) is 2. The van der Waals surface area contributed by atoms with Crippen molar-refractivity contribution in [2.24, 2.45) is 0 Å². The molecule has 0 aliphatic carbocycles. The van der Waals surface area contributed by atoms with Gasteiger partial charge in [-0.25, -0.2) is 0 Å². The second-order valence-electron chi connectivity index (χ2n) is 5.14. The van der Waals surface area contributed by atoms with Crippen LogP contribution in [0, 0.1) is 0 Å². The highest BCUT2D eigenvalue weighted by atomic mass is 35.5. The highest BCUT2D eigenvalue weighted by Gasteiger charge is 2.31. The van der Waals surface area contributed by atoms with Crippen molar-refractivity contribution in [2.75, 3.05) is 20.3 Å². The van der Waals surface area contributed by atoms with Gasteiger partial charge in [-0.05, 0) is 41.8 Å². The molecule has 0 atom stereocenters. The standard InChI is InChI=1S/C17H19ClO3/c1-21-16-7-2-4-13(8-16)10-17(11-19,12-20)14-5-3-6-15(18)9-14/h2-9,19-20H,10-12H2,1H3. The molecular formula is C17H19ClO3. The fourth-order valence-electron chi connectivity index (χ4n) is 2.44. The van der Waals surface area contributed by atoms with Crippen molar-refractivity contribution in [3.8, 4) is 5.75 Å². The van der Waals surface area contributed by atoms with Crippen LogP contribution < -0.4 is 4.74 Å². The molecule has 0 amide bonds. The Balaban J connectivity index is 2.38. The number of rotatable bonds is 6. The maximum absolute atomic E-state index is 9.87. The first kappa shape index (κ1) is 15.8. The summed E-state index contributed by atoms with van der Waals surface area (Å²) in [5.74, 6) is 0.753. The molecule has 2 aromatic carbocycles. The minimum Gasteiger partial charge on any atom is -0.497 e. The van der Waals surface area contributed by atoms with Crippen LogP contribution in [0.25, 0.3) is 0 Å². The first-order valence-corrected chi connectivity index (χ1v) is 7.12. The summed E-state index contributed by atoms with van der Waals surface area (Å²) in [4.78, 5) is 0. The Morgan fingerprint density at radius 3 is 2.38 bits per heavy atom. The monoisotopic (exact) mass is 306 g/mol. The third-order valence-electron chi connectivity index (χ3n) is 3.72. The molecule has 4 heteroatoms. The van der Waals surface area contributed by atoms with E-state index in [0.29, 0.717) is 11.4 Å². The van der Waals surface area contributed by atoms with Gasteiger partial charge in [0.1, 0.15) is 5.75 Å². The lowest BCUT2D eigenvalue weighted by atomic mass is 9.77. The largest absolute Gasteiger partial charge is 0.497 e. The highest BCUT2D eigenvalue weighted by Crippen LogP contribution is 2.30. The van der Waals surface area contributed by atoms with Gasteiger partial charge in [0.05, 0.1) is 20.3 Å². The van der Waals surface area contributed by atoms with Gasteiger partial charge in [0, 0.05) is 10.4 Å². The quantitative estimate of drug-likeness (QED) is 0.863. The first-order chi connectivity index (χ1) is 10.1. The van der Waals surface area contributed by atoms with Crippen LogP contribution in [0.5, 0.6) is 5.75 Å². The van der Waals surface area contributed by atoms with E-state index >= 15 is 0 Å². The van der Waals surface area contributed by atoms with Crippen LogP contribution in [0.3, 0.4) is 0 Å². The Kier molecular flexibility index (Phi) is 5.23. The average molecular weight is 307 g/mol. The Labute approximate surface area is 129 Å². The number of halogens is 1. The lowest BCUT2D eigenvalue weighted by Gasteiger charge is -2.31. The summed E-state index contributed by atoms with van der Waals surface area (Å²) in [5.41, 5.74) is 1.04. The molecule has 112 valence electrons. The summed E-state index contributed by atoms with van der Waals surface area (Å²) < 4.78 is 5.22. The van der Waals surface area contributed by atoms with E-state index in [4.69, 9.17) is 16.3 Å². The van der Waals surface area contributed by atoms with E-state index in [1.807, 2.05) is 36.4 Å². The Bertz CT molecular complexity index is 594. The second kappa shape index (κ2) is 6.94. The fraction of sp³-hybridized carbons (Fsp3) is 0.294. The predicted octanol–water partition coefficient (Wildman–Crippen LogP) is 2.81. The van der Waals surface area contributed by atoms with Crippen LogP contribution in [-0.2, 0) is 11.8 Å². The van der Waals surface area contributed by atoms with Crippen molar-refractivity contribution in [3.63, 3.8) is 0 Å². The molecule has 3 nitrogen and oxygen atoms in total. The van der Waals surface area contributed by atoms with Crippen molar-refractivity contribution in [1.82, 2.24) is 0 Å². The van der Waals surface area contributed by atoms with Crippen LogP contribution in [0.1, 0.15) is 11.1 Å². The van der Waals surface area contributed by atoms with E-state index < -0.39 is 5.41 Å². The minimum absolute atomic E-state index is 0.166. The molecule has 0 spiro atoms. The summed E-state index contributed by atoms with van der Waals surface area (Å²) in [5, 5.41) is 20.3. The zero-order chi connectivity index (χ0) is 15.3. The first-order valence-electron chi connectivity index (χ1n) is 6.74. The van der Waals surface area contributed by atoms with Crippen LogP contribution in [0.15, 0.2) is 48.5 Å². The van der Waals surface area contributed by atoms with Gasteiger partial charge in [-0.15, -0.1) is 0 Å². The number of benzene rings is 2. The van der Waals surface area contributed by atoms with Gasteiger partial charge in [-0.1, -0.05) is 35.9 Å². The van der Waals surface area contributed by atoms with Crippen LogP contribution in [-0.4, -0.2) is 30.5 Å². The van der Waals surface area contributed by atoms with Crippen molar-refractivity contribution in [2.45, 2.75) is 11.8 Å². The molecule has 0 aliphatic rings. The zero-order valence-electron chi connectivity index (χ0n) is 11.9. The molecule has 0 aliphatic heterocycles. The molecular weight excluding hydrogens is 288 g/mol. The Morgan fingerprint density at radius 2 is 1.76 bits per heavy atom. The summed E-state index contributed by atoms with van der Waals surface area (Å²) in [6, 6.07) is 14.9. The van der Waals surface area contributed by atoms with Gasteiger partial charge in [0.15, 0.2) is 0 Å². The van der Waals surface area contributed by atoms with E-state index in [9.17, 15) is 10.2 Å². The molecule has 0 bridgehead atoms. The lowest BCUT2D eigenvalue weighted by Crippen LogP contribution is -2.37. The van der Waals surface area contributed by atoms with Crippen LogP contribution >= 0.6 is 11.6 Å². The van der Waals surface area contributed by atoms with Gasteiger partial charge in [-0.3, -0.25) is 0 Å². The average Bonchev–Trinajstić information content (AvgIpc) is 2.53. The summed E-state index contributed by atoms with van der Waals surface area (Å²) in [6.45, 7) is -0.331. The topological polar surface area (TPSA) is 49.7 Å². The third-order valence-corrected chi connectivity index (χ3v) is 3.95. The highest BCUT2D eigenvalue weighted by molar-refractivity contribution is 6.30. The van der Waals surface area contributed by atoms with Crippen molar-refractivity contribution in [1.29, 1.82) is 0 Å². The summed E-state index contributed by atoms with van der Waals surface area (Å²) in [6.07, 6.45) is 0.498. The SMILES string of the molecule is COc1cccc(CC(CO)(CO)c2cccc(Cl)c2)c1. The molecule has 2 rings (SSSR count). The van der Waals surface area contributed by atoms with E-state index in [1.165, 1.54) is 0 Å². The van der Waals surface area contributed by atoms with Crippen molar-refractivity contribution >= 4 is 11.6 Å². The Morgan fingerprint density at radius 1 is 1.05 bits per heavy atom. The molecule has 2 aromatic rings. The van der Waals surface area contributed by atoms with Gasteiger partial charge >= 0.3 is 0 Å². The molecule has 0 saturated carbocycles. The number of hydrogen-bond acceptors (Lipinski definition) is 3. The molecule has 0 saturated heterocycles. The fourth-order valence-corrected chi connectivity index (χ4v) is 2.63. The minimum atomic E-state index is -0.767. The van der Waals surface area contributed by atoms with Gasteiger partial charge in [0.25, 0.3) is 0 Å². The molecule has 0 fully saturated rings. The van der Waals surface area contributed by atoms with Crippen LogP contribution in [0.2, 0.25) is 5.02 Å². The van der Waals surface area contributed by atoms with E-state index in [-0.39, 0.29) is 13.2 Å². The lowest BCUT2D eigenvalue weighted by molar-refractivity contribution is 0.116. The smallest absolute Gasteiger partial charge is 0.119 e. The van der Waals surface area contributed by atoms with E-state index in [0.717, 1.165) is 16.9 Å². The molecule has 0 heterocycles. The van der Waals surface area contributed by atoms with Gasteiger partial charge in [0.2, 0.25) is 0 Å². The summed E-state index contributed by atoms with van der Waals surface area (Å²) in [7, 11) is 1.61. The number of aliphatic hydroxyl groups is 2.